The van der Waals surface area contributed by atoms with Crippen molar-refractivity contribution in [3.05, 3.63) is 29.8 Å². The smallest absolute Gasteiger partial charge is 0.246 e. The first kappa shape index (κ1) is 21.9. The Labute approximate surface area is 179 Å². The fraction of sp³-hybridized carbons (Fsp3) is 0.600. The molecule has 0 radical (unpaired) electrons. The van der Waals surface area contributed by atoms with Crippen LogP contribution in [0.3, 0.4) is 0 Å². The number of halogens is 1. The number of guanidine groups is 1. The minimum Gasteiger partial charge on any atom is -0.381 e. The first-order valence-electron chi connectivity index (χ1n) is 9.68. The molecule has 3 rings (SSSR count). The van der Waals surface area contributed by atoms with Gasteiger partial charge in [-0.05, 0) is 49.7 Å². The van der Waals surface area contributed by atoms with Crippen LogP contribution in [0.15, 0.2) is 29.3 Å². The number of ether oxygens (including phenoxy) is 1. The van der Waals surface area contributed by atoms with Gasteiger partial charge in [-0.1, -0.05) is 18.2 Å². The van der Waals surface area contributed by atoms with Gasteiger partial charge < -0.3 is 20.3 Å². The standard InChI is InChI=1S/C20H30N4O2.HI/c1-21-20(22-11-5-13-26-15-16-9-10-16)23-14-19(25)24-12-4-7-17-6-2-3-8-18(17)24;/h2-3,6,8,16H,4-5,7,9-15H2,1H3,(H2,21,22,23);1H. The Bertz CT molecular complexity index is 634. The van der Waals surface area contributed by atoms with E-state index in [0.29, 0.717) is 5.96 Å². The number of benzene rings is 1. The minimum absolute atomic E-state index is 0. The van der Waals surface area contributed by atoms with Crippen molar-refractivity contribution in [1.29, 1.82) is 0 Å². The van der Waals surface area contributed by atoms with Crippen LogP contribution in [0.5, 0.6) is 0 Å². The highest BCUT2D eigenvalue weighted by atomic mass is 127. The number of fused-ring (bicyclic) bond motifs is 1. The topological polar surface area (TPSA) is 66.0 Å². The average Bonchev–Trinajstić information content (AvgIpc) is 3.50. The molecule has 0 saturated heterocycles. The minimum atomic E-state index is 0. The molecule has 150 valence electrons. The highest BCUT2D eigenvalue weighted by molar-refractivity contribution is 14.0. The number of anilines is 1. The SMILES string of the molecule is CN=C(NCCCOCC1CC1)NCC(=O)N1CCCc2ccccc21.I. The fourth-order valence-electron chi connectivity index (χ4n) is 3.18. The second-order valence-corrected chi connectivity index (χ2v) is 7.00. The van der Waals surface area contributed by atoms with Gasteiger partial charge in [0.05, 0.1) is 6.54 Å². The quantitative estimate of drug-likeness (QED) is 0.257. The van der Waals surface area contributed by atoms with E-state index in [1.165, 1.54) is 18.4 Å². The van der Waals surface area contributed by atoms with Crippen LogP contribution < -0.4 is 15.5 Å². The number of hydrogen-bond donors (Lipinski definition) is 2. The number of rotatable bonds is 8. The molecule has 2 aliphatic rings. The zero-order chi connectivity index (χ0) is 18.2. The van der Waals surface area contributed by atoms with Crippen molar-refractivity contribution < 1.29 is 9.53 Å². The van der Waals surface area contributed by atoms with Gasteiger partial charge in [0.15, 0.2) is 5.96 Å². The van der Waals surface area contributed by atoms with E-state index in [9.17, 15) is 4.79 Å². The van der Waals surface area contributed by atoms with Crippen molar-refractivity contribution in [1.82, 2.24) is 10.6 Å². The molecule has 27 heavy (non-hydrogen) atoms. The molecule has 0 aromatic heterocycles. The summed E-state index contributed by atoms with van der Waals surface area (Å²) in [5.74, 6) is 1.54. The molecule has 0 bridgehead atoms. The van der Waals surface area contributed by atoms with Gasteiger partial charge in [-0.15, -0.1) is 24.0 Å². The number of aryl methyl sites for hydroxylation is 1. The van der Waals surface area contributed by atoms with Crippen LogP contribution in [-0.4, -0.2) is 51.8 Å². The molecule has 7 heteroatoms. The number of amides is 1. The molecule has 2 N–H and O–H groups in total. The third-order valence-electron chi connectivity index (χ3n) is 4.85. The molecule has 0 atom stereocenters. The second-order valence-electron chi connectivity index (χ2n) is 7.00. The van der Waals surface area contributed by atoms with E-state index in [4.69, 9.17) is 4.74 Å². The van der Waals surface area contributed by atoms with E-state index in [2.05, 4.69) is 21.7 Å². The van der Waals surface area contributed by atoms with Gasteiger partial charge in [-0.2, -0.15) is 0 Å². The number of nitrogens with zero attached hydrogens (tertiary/aromatic N) is 2. The van der Waals surface area contributed by atoms with Gasteiger partial charge in [-0.3, -0.25) is 9.79 Å². The van der Waals surface area contributed by atoms with Crippen molar-refractivity contribution in [2.45, 2.75) is 32.1 Å². The monoisotopic (exact) mass is 486 g/mol. The van der Waals surface area contributed by atoms with E-state index >= 15 is 0 Å². The molecular formula is C20H31IN4O2. The summed E-state index contributed by atoms with van der Waals surface area (Å²) in [4.78, 5) is 18.7. The Hall–Kier alpha value is -1.35. The van der Waals surface area contributed by atoms with Crippen LogP contribution in [0.25, 0.3) is 0 Å². The van der Waals surface area contributed by atoms with E-state index in [-0.39, 0.29) is 36.4 Å². The molecular weight excluding hydrogens is 455 g/mol. The first-order valence-corrected chi connectivity index (χ1v) is 9.68. The lowest BCUT2D eigenvalue weighted by molar-refractivity contribution is -0.117. The lowest BCUT2D eigenvalue weighted by atomic mass is 10.0. The maximum absolute atomic E-state index is 12.6. The summed E-state index contributed by atoms with van der Waals surface area (Å²) in [7, 11) is 1.72. The van der Waals surface area contributed by atoms with E-state index in [1.807, 2.05) is 23.1 Å². The molecule has 1 heterocycles. The predicted octanol–water partition coefficient (Wildman–Crippen LogP) is 2.57. The van der Waals surface area contributed by atoms with Gasteiger partial charge in [0.1, 0.15) is 0 Å². The number of para-hydroxylation sites is 1. The summed E-state index contributed by atoms with van der Waals surface area (Å²) in [6, 6.07) is 8.16. The van der Waals surface area contributed by atoms with Crippen LogP contribution in [0, 0.1) is 5.92 Å². The number of aliphatic imine (C=N–C) groups is 1. The lowest BCUT2D eigenvalue weighted by Crippen LogP contribution is -2.46. The normalized spacial score (nSPS) is 16.3. The van der Waals surface area contributed by atoms with Crippen LogP contribution in [0.1, 0.15) is 31.2 Å². The summed E-state index contributed by atoms with van der Waals surface area (Å²) in [5.41, 5.74) is 2.29. The Morgan fingerprint density at radius 1 is 1.30 bits per heavy atom. The summed E-state index contributed by atoms with van der Waals surface area (Å²) in [6.07, 6.45) is 5.63. The van der Waals surface area contributed by atoms with Crippen LogP contribution in [0.4, 0.5) is 5.69 Å². The van der Waals surface area contributed by atoms with Gasteiger partial charge in [-0.25, -0.2) is 0 Å². The largest absolute Gasteiger partial charge is 0.381 e. The first-order chi connectivity index (χ1) is 12.8. The molecule has 0 unspecified atom stereocenters. The van der Waals surface area contributed by atoms with Crippen molar-refractivity contribution in [3.8, 4) is 0 Å². The van der Waals surface area contributed by atoms with Gasteiger partial charge in [0.2, 0.25) is 5.91 Å². The highest BCUT2D eigenvalue weighted by Crippen LogP contribution is 2.28. The zero-order valence-corrected chi connectivity index (χ0v) is 18.4. The van der Waals surface area contributed by atoms with Gasteiger partial charge >= 0.3 is 0 Å². The third-order valence-corrected chi connectivity index (χ3v) is 4.85. The highest BCUT2D eigenvalue weighted by Gasteiger charge is 2.22. The van der Waals surface area contributed by atoms with Crippen molar-refractivity contribution >= 4 is 41.5 Å². The van der Waals surface area contributed by atoms with Crippen molar-refractivity contribution in [3.63, 3.8) is 0 Å². The summed E-state index contributed by atoms with van der Waals surface area (Å²) >= 11 is 0. The average molecular weight is 486 g/mol. The molecule has 1 aliphatic carbocycles. The Morgan fingerprint density at radius 3 is 2.89 bits per heavy atom. The Kier molecular flexibility index (Phi) is 9.33. The molecule has 1 fully saturated rings. The molecule has 6 nitrogen and oxygen atoms in total. The summed E-state index contributed by atoms with van der Waals surface area (Å²) < 4.78 is 5.62. The molecule has 1 aromatic rings. The van der Waals surface area contributed by atoms with Crippen LogP contribution in [-0.2, 0) is 16.0 Å². The van der Waals surface area contributed by atoms with E-state index < -0.39 is 0 Å². The number of carbonyl (C=O) groups excluding carboxylic acids is 1. The molecule has 1 aliphatic heterocycles. The Morgan fingerprint density at radius 2 is 2.11 bits per heavy atom. The zero-order valence-electron chi connectivity index (χ0n) is 16.1. The number of hydrogen-bond acceptors (Lipinski definition) is 3. The lowest BCUT2D eigenvalue weighted by Gasteiger charge is -2.29. The van der Waals surface area contributed by atoms with Crippen LogP contribution in [0.2, 0.25) is 0 Å². The molecule has 1 aromatic carbocycles. The van der Waals surface area contributed by atoms with Gasteiger partial charge in [0, 0.05) is 39.0 Å². The summed E-state index contributed by atoms with van der Waals surface area (Å²) in [5, 5.41) is 6.36. The van der Waals surface area contributed by atoms with Gasteiger partial charge in [0.25, 0.3) is 0 Å². The molecule has 1 saturated carbocycles. The third kappa shape index (κ3) is 6.95. The number of carbonyl (C=O) groups is 1. The van der Waals surface area contributed by atoms with E-state index in [0.717, 1.165) is 57.2 Å². The summed E-state index contributed by atoms with van der Waals surface area (Å²) in [6.45, 7) is 3.47. The maximum Gasteiger partial charge on any atom is 0.246 e. The van der Waals surface area contributed by atoms with Crippen molar-refractivity contribution in [2.75, 3.05) is 44.8 Å². The fourth-order valence-corrected chi connectivity index (χ4v) is 3.18. The second kappa shape index (κ2) is 11.5. The van der Waals surface area contributed by atoms with Crippen LogP contribution >= 0.6 is 24.0 Å². The maximum atomic E-state index is 12.6. The van der Waals surface area contributed by atoms with Crippen molar-refractivity contribution in [2.24, 2.45) is 10.9 Å². The molecule has 0 spiro atoms. The predicted molar refractivity (Wildman–Crippen MR) is 120 cm³/mol. The molecule has 1 amide bonds. The Balaban J connectivity index is 0.00000261. The van der Waals surface area contributed by atoms with E-state index in [1.54, 1.807) is 7.05 Å². The number of nitrogens with one attached hydrogen (secondary N) is 2.